The van der Waals surface area contributed by atoms with E-state index in [1.165, 1.54) is 36.2 Å². The fourth-order valence-electron chi connectivity index (χ4n) is 2.54. The van der Waals surface area contributed by atoms with Gasteiger partial charge in [0.05, 0.1) is 27.7 Å². The SMILES string of the molecule is CNS(=O)(=O)c1cccc(S(=O)(=O)Nc2ccccc2N2CCOC2=O)c1. The Bertz CT molecular complexity index is 1080. The van der Waals surface area contributed by atoms with Gasteiger partial charge in [0.25, 0.3) is 10.0 Å². The van der Waals surface area contributed by atoms with Crippen LogP contribution in [0.5, 0.6) is 0 Å². The van der Waals surface area contributed by atoms with Gasteiger partial charge in [-0.25, -0.2) is 26.4 Å². The summed E-state index contributed by atoms with van der Waals surface area (Å²) in [6, 6.07) is 11.3. The normalized spacial score (nSPS) is 14.9. The highest BCUT2D eigenvalue weighted by atomic mass is 32.2. The summed E-state index contributed by atoms with van der Waals surface area (Å²) in [5.41, 5.74) is 0.529. The minimum Gasteiger partial charge on any atom is -0.447 e. The van der Waals surface area contributed by atoms with E-state index in [1.807, 2.05) is 0 Å². The summed E-state index contributed by atoms with van der Waals surface area (Å²) in [5, 5.41) is 0. The maximum atomic E-state index is 12.8. The van der Waals surface area contributed by atoms with Gasteiger partial charge in [-0.1, -0.05) is 18.2 Å². The molecule has 0 atom stereocenters. The van der Waals surface area contributed by atoms with E-state index in [9.17, 15) is 21.6 Å². The van der Waals surface area contributed by atoms with Gasteiger partial charge in [0.2, 0.25) is 10.0 Å². The average Bonchev–Trinajstić information content (AvgIpc) is 3.08. The zero-order valence-corrected chi connectivity index (χ0v) is 15.9. The molecule has 27 heavy (non-hydrogen) atoms. The first-order valence-corrected chi connectivity index (χ1v) is 10.8. The Balaban J connectivity index is 1.97. The molecule has 2 aromatic carbocycles. The molecule has 1 fully saturated rings. The monoisotopic (exact) mass is 411 g/mol. The molecule has 3 rings (SSSR count). The molecule has 0 bridgehead atoms. The number of para-hydroxylation sites is 2. The van der Waals surface area contributed by atoms with Gasteiger partial charge < -0.3 is 4.74 Å². The molecule has 9 nitrogen and oxygen atoms in total. The van der Waals surface area contributed by atoms with Gasteiger partial charge in [-0.15, -0.1) is 0 Å². The third-order valence-corrected chi connectivity index (χ3v) is 6.67. The number of amides is 1. The fourth-order valence-corrected chi connectivity index (χ4v) is 4.51. The van der Waals surface area contributed by atoms with Crippen molar-refractivity contribution in [3.63, 3.8) is 0 Å². The van der Waals surface area contributed by atoms with Crippen molar-refractivity contribution in [3.05, 3.63) is 48.5 Å². The third-order valence-electron chi connectivity index (χ3n) is 3.89. The molecule has 0 spiro atoms. The van der Waals surface area contributed by atoms with Crippen LogP contribution in [0.1, 0.15) is 0 Å². The fraction of sp³-hybridized carbons (Fsp3) is 0.188. The predicted octanol–water partition coefficient (Wildman–Crippen LogP) is 1.35. The number of hydrogen-bond donors (Lipinski definition) is 2. The van der Waals surface area contributed by atoms with Crippen LogP contribution in [0.25, 0.3) is 0 Å². The minimum absolute atomic E-state index is 0.177. The molecule has 1 amide bonds. The van der Waals surface area contributed by atoms with E-state index in [1.54, 1.807) is 18.2 Å². The van der Waals surface area contributed by atoms with Crippen LogP contribution in [0.2, 0.25) is 0 Å². The zero-order chi connectivity index (χ0) is 19.7. The Labute approximate surface area is 157 Å². The molecular weight excluding hydrogens is 394 g/mol. The highest BCUT2D eigenvalue weighted by molar-refractivity contribution is 7.93. The Hall–Kier alpha value is -2.63. The van der Waals surface area contributed by atoms with Crippen molar-refractivity contribution in [2.75, 3.05) is 29.8 Å². The van der Waals surface area contributed by atoms with Gasteiger partial charge in [0.15, 0.2) is 0 Å². The summed E-state index contributed by atoms with van der Waals surface area (Å²) < 4.78 is 58.8. The lowest BCUT2D eigenvalue weighted by Gasteiger charge is -2.18. The molecule has 1 saturated heterocycles. The smallest absolute Gasteiger partial charge is 0.414 e. The van der Waals surface area contributed by atoms with Crippen LogP contribution >= 0.6 is 0 Å². The van der Waals surface area contributed by atoms with Crippen LogP contribution in [-0.4, -0.2) is 43.1 Å². The third kappa shape index (κ3) is 3.89. The van der Waals surface area contributed by atoms with Crippen molar-refractivity contribution < 1.29 is 26.4 Å². The first-order valence-electron chi connectivity index (χ1n) is 7.84. The lowest BCUT2D eigenvalue weighted by molar-refractivity contribution is 0.181. The number of anilines is 2. The summed E-state index contributed by atoms with van der Waals surface area (Å²) in [7, 11) is -6.65. The van der Waals surface area contributed by atoms with Crippen LogP contribution in [-0.2, 0) is 24.8 Å². The molecule has 1 aliphatic rings. The van der Waals surface area contributed by atoms with E-state index in [0.29, 0.717) is 12.2 Å². The van der Waals surface area contributed by atoms with Crippen LogP contribution in [0.4, 0.5) is 16.2 Å². The Morgan fingerprint density at radius 3 is 2.26 bits per heavy atom. The van der Waals surface area contributed by atoms with Gasteiger partial charge in [-0.05, 0) is 37.4 Å². The number of sulfonamides is 2. The molecule has 0 aromatic heterocycles. The Morgan fingerprint density at radius 1 is 0.963 bits per heavy atom. The number of nitrogens with zero attached hydrogens (tertiary/aromatic N) is 1. The van der Waals surface area contributed by atoms with Crippen molar-refractivity contribution in [1.82, 2.24) is 4.72 Å². The number of cyclic esters (lactones) is 1. The van der Waals surface area contributed by atoms with Crippen LogP contribution in [0, 0.1) is 0 Å². The Morgan fingerprint density at radius 2 is 1.63 bits per heavy atom. The van der Waals surface area contributed by atoms with E-state index in [2.05, 4.69) is 9.44 Å². The van der Waals surface area contributed by atoms with Gasteiger partial charge >= 0.3 is 6.09 Å². The van der Waals surface area contributed by atoms with Crippen molar-refractivity contribution >= 4 is 37.5 Å². The maximum absolute atomic E-state index is 12.8. The van der Waals surface area contributed by atoms with E-state index < -0.39 is 26.1 Å². The molecule has 0 saturated carbocycles. The molecule has 144 valence electrons. The van der Waals surface area contributed by atoms with Crippen LogP contribution in [0.3, 0.4) is 0 Å². The second-order valence-corrected chi connectivity index (χ2v) is 9.14. The number of ether oxygens (including phenoxy) is 1. The second-order valence-electron chi connectivity index (χ2n) is 5.57. The number of carbonyl (C=O) groups excluding carboxylic acids is 1. The van der Waals surface area contributed by atoms with E-state index in [4.69, 9.17) is 4.74 Å². The largest absolute Gasteiger partial charge is 0.447 e. The van der Waals surface area contributed by atoms with E-state index in [0.717, 1.165) is 6.07 Å². The summed E-state index contributed by atoms with van der Waals surface area (Å²) >= 11 is 0. The molecule has 2 aromatic rings. The second kappa shape index (κ2) is 7.18. The lowest BCUT2D eigenvalue weighted by Crippen LogP contribution is -2.25. The number of rotatable bonds is 6. The molecule has 0 radical (unpaired) electrons. The molecule has 2 N–H and O–H groups in total. The molecule has 1 heterocycles. The zero-order valence-electron chi connectivity index (χ0n) is 14.2. The molecular formula is C16H17N3O6S2. The van der Waals surface area contributed by atoms with E-state index in [-0.39, 0.29) is 22.1 Å². The molecule has 0 unspecified atom stereocenters. The van der Waals surface area contributed by atoms with Gasteiger partial charge in [-0.3, -0.25) is 9.62 Å². The summed E-state index contributed by atoms with van der Waals surface area (Å²) in [4.78, 5) is 12.7. The van der Waals surface area contributed by atoms with E-state index >= 15 is 0 Å². The van der Waals surface area contributed by atoms with Crippen LogP contribution < -0.4 is 14.3 Å². The number of benzene rings is 2. The predicted molar refractivity (Wildman–Crippen MR) is 98.6 cm³/mol. The summed E-state index contributed by atoms with van der Waals surface area (Å²) in [6.45, 7) is 0.511. The molecule has 1 aliphatic heterocycles. The minimum atomic E-state index is -4.09. The quantitative estimate of drug-likeness (QED) is 0.740. The standard InChI is InChI=1S/C16H17N3O6S2/c1-17-26(21,22)12-5-4-6-13(11-12)27(23,24)18-14-7-2-3-8-15(14)19-9-10-25-16(19)20/h2-8,11,17-18H,9-10H2,1H3. The van der Waals surface area contributed by atoms with Crippen molar-refractivity contribution in [1.29, 1.82) is 0 Å². The van der Waals surface area contributed by atoms with Crippen LogP contribution in [0.15, 0.2) is 58.3 Å². The summed E-state index contributed by atoms with van der Waals surface area (Å²) in [6.07, 6.45) is -0.566. The highest BCUT2D eigenvalue weighted by Crippen LogP contribution is 2.30. The molecule has 0 aliphatic carbocycles. The van der Waals surface area contributed by atoms with Crippen molar-refractivity contribution in [2.24, 2.45) is 0 Å². The topological polar surface area (TPSA) is 122 Å². The Kier molecular flexibility index (Phi) is 5.09. The van der Waals surface area contributed by atoms with Gasteiger partial charge in [0.1, 0.15) is 6.61 Å². The van der Waals surface area contributed by atoms with Crippen molar-refractivity contribution in [3.8, 4) is 0 Å². The highest BCUT2D eigenvalue weighted by Gasteiger charge is 2.27. The van der Waals surface area contributed by atoms with Crippen molar-refractivity contribution in [2.45, 2.75) is 9.79 Å². The van der Waals surface area contributed by atoms with Gasteiger partial charge in [-0.2, -0.15) is 0 Å². The number of carbonyl (C=O) groups is 1. The van der Waals surface area contributed by atoms with Gasteiger partial charge in [0, 0.05) is 0 Å². The number of hydrogen-bond acceptors (Lipinski definition) is 6. The molecule has 11 heteroatoms. The maximum Gasteiger partial charge on any atom is 0.414 e. The first kappa shape index (κ1) is 19.1. The summed E-state index contributed by atoms with van der Waals surface area (Å²) in [5.74, 6) is 0. The lowest BCUT2D eigenvalue weighted by atomic mass is 10.2. The average molecular weight is 411 g/mol. The number of nitrogens with one attached hydrogen (secondary N) is 2. The first-order chi connectivity index (χ1) is 12.7.